The van der Waals surface area contributed by atoms with Crippen molar-refractivity contribution >= 4 is 46.4 Å². The topological polar surface area (TPSA) is 202 Å². The Morgan fingerprint density at radius 3 is 2.55 bits per heavy atom. The Morgan fingerprint density at radius 2 is 1.85 bits per heavy atom. The number of alkyl halides is 2. The van der Waals surface area contributed by atoms with Gasteiger partial charge in [-0.1, -0.05) is 17.9 Å². The number of hydrogen-bond donors (Lipinski definition) is 6. The van der Waals surface area contributed by atoms with Gasteiger partial charge < -0.3 is 31.0 Å². The zero-order valence-electron chi connectivity index (χ0n) is 34.7. The molecule has 62 heavy (non-hydrogen) atoms. The number of benzene rings is 1. The summed E-state index contributed by atoms with van der Waals surface area (Å²) in [6.07, 6.45) is 8.53. The van der Waals surface area contributed by atoms with Gasteiger partial charge in [-0.05, 0) is 75.0 Å². The summed E-state index contributed by atoms with van der Waals surface area (Å²) in [7, 11) is 1.67. The third-order valence-corrected chi connectivity index (χ3v) is 13.1. The summed E-state index contributed by atoms with van der Waals surface area (Å²) in [4.78, 5) is 60.4. The van der Waals surface area contributed by atoms with Crippen LogP contribution in [0, 0.1) is 40.4 Å². The maximum atomic E-state index is 13.8. The molecule has 1 aromatic heterocycles. The molecular formula is C44H53F2N11O5. The molecule has 1 aromatic carbocycles. The second kappa shape index (κ2) is 18.7. The molecule has 2 bridgehead atoms. The molecular weight excluding hydrogens is 801 g/mol. The van der Waals surface area contributed by atoms with Crippen molar-refractivity contribution in [3.05, 3.63) is 69.8 Å². The lowest BCUT2D eigenvalue weighted by atomic mass is 9.85. The lowest BCUT2D eigenvalue weighted by Gasteiger charge is -2.37. The highest BCUT2D eigenvalue weighted by atomic mass is 19.3. The van der Waals surface area contributed by atoms with E-state index in [4.69, 9.17) is 15.6 Å². The van der Waals surface area contributed by atoms with Crippen LogP contribution >= 0.6 is 0 Å². The number of hydrogen-bond acceptors (Lipinski definition) is 12. The number of imidazole rings is 1. The van der Waals surface area contributed by atoms with Gasteiger partial charge in [0.25, 0.3) is 12.3 Å². The largest absolute Gasteiger partial charge is 0.386 e. The molecule has 3 amide bonds. The number of piperazine rings is 1. The molecule has 2 aliphatic carbocycles. The number of para-hydroxylation sites is 1. The monoisotopic (exact) mass is 853 g/mol. The minimum atomic E-state index is -3.11. The Bertz CT molecular complexity index is 2370. The third kappa shape index (κ3) is 9.20. The molecule has 3 saturated heterocycles. The zero-order valence-corrected chi connectivity index (χ0v) is 34.7. The van der Waals surface area contributed by atoms with E-state index in [0.717, 1.165) is 83.2 Å². The average Bonchev–Trinajstić information content (AvgIpc) is 3.98. The third-order valence-electron chi connectivity index (χ3n) is 13.1. The van der Waals surface area contributed by atoms with Gasteiger partial charge in [0.2, 0.25) is 11.8 Å². The molecule has 0 radical (unpaired) electrons. The Balaban J connectivity index is 0.808. The molecule has 6 aliphatic rings. The minimum Gasteiger partial charge on any atom is -0.386 e. The lowest BCUT2D eigenvalue weighted by Crippen LogP contribution is -2.48. The van der Waals surface area contributed by atoms with E-state index >= 15 is 0 Å². The van der Waals surface area contributed by atoms with Crippen molar-refractivity contribution < 1.29 is 27.9 Å². The number of aromatic nitrogens is 2. The summed E-state index contributed by atoms with van der Waals surface area (Å²) >= 11 is 0. The second-order valence-corrected chi connectivity index (χ2v) is 17.1. The number of piperidine rings is 1. The van der Waals surface area contributed by atoms with Crippen LogP contribution in [0.4, 0.5) is 8.78 Å². The van der Waals surface area contributed by atoms with Crippen LogP contribution in [0.25, 0.3) is 11.0 Å². The van der Waals surface area contributed by atoms with Crippen LogP contribution in [0.1, 0.15) is 63.0 Å². The van der Waals surface area contributed by atoms with Crippen molar-refractivity contribution in [3.63, 3.8) is 0 Å². The Morgan fingerprint density at radius 1 is 1.08 bits per heavy atom. The molecule has 16 nitrogen and oxygen atoms in total. The van der Waals surface area contributed by atoms with E-state index in [1.54, 1.807) is 19.3 Å². The fourth-order valence-corrected chi connectivity index (χ4v) is 9.72. The number of rotatable bonds is 12. The van der Waals surface area contributed by atoms with Crippen molar-refractivity contribution in [2.45, 2.75) is 76.0 Å². The van der Waals surface area contributed by atoms with Crippen LogP contribution < -0.4 is 27.0 Å². The lowest BCUT2D eigenvalue weighted by molar-refractivity contribution is -0.135. The van der Waals surface area contributed by atoms with Gasteiger partial charge in [0.05, 0.1) is 47.1 Å². The van der Waals surface area contributed by atoms with E-state index in [9.17, 15) is 28.0 Å². The fraction of sp³-hybridized carbons (Fsp3) is 0.523. The number of nitrogens with zero attached hydrogens (tertiary/aromatic N) is 5. The van der Waals surface area contributed by atoms with Gasteiger partial charge in [0, 0.05) is 82.5 Å². The van der Waals surface area contributed by atoms with Crippen LogP contribution in [0.5, 0.6) is 0 Å². The number of fused-ring (bicyclic) bond motifs is 3. The van der Waals surface area contributed by atoms with Crippen LogP contribution in [-0.2, 0) is 26.2 Å². The van der Waals surface area contributed by atoms with E-state index in [2.05, 4.69) is 47.9 Å². The Labute approximate surface area is 357 Å². The van der Waals surface area contributed by atoms with Crippen molar-refractivity contribution in [3.8, 4) is 11.8 Å². The highest BCUT2D eigenvalue weighted by Crippen LogP contribution is 2.41. The van der Waals surface area contributed by atoms with Gasteiger partial charge >= 0.3 is 5.69 Å². The minimum absolute atomic E-state index is 0.00750. The number of allylic oxidation sites excluding steroid dienone is 2. The van der Waals surface area contributed by atoms with E-state index in [1.807, 2.05) is 18.2 Å². The molecule has 6 N–H and O–H groups in total. The number of nitrogens with one attached hydrogen (secondary N) is 6. The van der Waals surface area contributed by atoms with Crippen LogP contribution in [0.3, 0.4) is 0 Å². The summed E-state index contributed by atoms with van der Waals surface area (Å²) in [5.41, 5.74) is 0.939. The van der Waals surface area contributed by atoms with Crippen molar-refractivity contribution in [2.75, 3.05) is 45.9 Å². The molecule has 18 heteroatoms. The number of imide groups is 1. The van der Waals surface area contributed by atoms with Gasteiger partial charge in [-0.2, -0.15) is 0 Å². The molecule has 8 rings (SSSR count). The normalized spacial score (nSPS) is 27.6. The van der Waals surface area contributed by atoms with E-state index in [-0.39, 0.29) is 59.6 Å². The first kappa shape index (κ1) is 42.9. The molecule has 2 saturated carbocycles. The molecule has 4 atom stereocenters. The van der Waals surface area contributed by atoms with Crippen LogP contribution in [0.15, 0.2) is 63.6 Å². The second-order valence-electron chi connectivity index (χ2n) is 17.1. The summed E-state index contributed by atoms with van der Waals surface area (Å²) in [6, 6.07) is 4.73. The number of carbonyl (C=O) groups excluding carboxylic acids is 3. The van der Waals surface area contributed by atoms with Gasteiger partial charge in [-0.15, -0.1) is 0 Å². The zero-order chi connectivity index (χ0) is 43.5. The molecule has 2 unspecified atom stereocenters. The van der Waals surface area contributed by atoms with Crippen molar-refractivity contribution in [1.29, 1.82) is 10.8 Å². The Kier molecular flexibility index (Phi) is 12.9. The van der Waals surface area contributed by atoms with E-state index < -0.39 is 30.0 Å². The number of aryl methyl sites for hydroxylation is 1. The predicted octanol–water partition coefficient (Wildman–Crippen LogP) is 2.52. The average molecular weight is 854 g/mol. The Hall–Kier alpha value is -5.77. The molecule has 5 heterocycles. The quantitative estimate of drug-likeness (QED) is 0.0804. The molecule has 4 aliphatic heterocycles. The number of amides is 3. The SMILES string of the molecule is Cn1c(=O)n(C2CCC(=O)NC2=O)c2cccc(C#CCN3CCN(C[C@H]4CC[C@H](N/C=C(/NC(=O)/C(C=N)=C5\N=C(C6C[C@H]7C[C@@H]6CO7)C=CN5)C(=N)C(F)F)CC4)CC3)c21. The first-order chi connectivity index (χ1) is 30.0. The van der Waals surface area contributed by atoms with Gasteiger partial charge in [0.1, 0.15) is 17.6 Å². The predicted molar refractivity (Wildman–Crippen MR) is 229 cm³/mol. The smallest absolute Gasteiger partial charge is 0.329 e. The van der Waals surface area contributed by atoms with Gasteiger partial charge in [-0.3, -0.25) is 39.1 Å². The fourth-order valence-electron chi connectivity index (χ4n) is 9.72. The molecule has 5 fully saturated rings. The summed E-state index contributed by atoms with van der Waals surface area (Å²) in [5.74, 6) is 6.11. The summed E-state index contributed by atoms with van der Waals surface area (Å²) < 4.78 is 36.3. The van der Waals surface area contributed by atoms with Crippen molar-refractivity contribution in [1.82, 2.24) is 40.2 Å². The maximum Gasteiger partial charge on any atom is 0.329 e. The van der Waals surface area contributed by atoms with Gasteiger partial charge in [0.15, 0.2) is 0 Å². The molecule has 328 valence electrons. The van der Waals surface area contributed by atoms with Crippen LogP contribution in [0.2, 0.25) is 0 Å². The molecule has 2 aromatic rings. The number of halogens is 2. The highest BCUT2D eigenvalue weighted by Gasteiger charge is 2.43. The van der Waals surface area contributed by atoms with Gasteiger partial charge in [-0.25, -0.2) is 18.6 Å². The number of carbonyl (C=O) groups is 3. The highest BCUT2D eigenvalue weighted by molar-refractivity contribution is 6.15. The van der Waals surface area contributed by atoms with Crippen LogP contribution in [-0.4, -0.2) is 119 Å². The first-order valence-electron chi connectivity index (χ1n) is 21.5. The number of aliphatic imine (C=N–C) groups is 1. The maximum absolute atomic E-state index is 13.8. The van der Waals surface area contributed by atoms with E-state index in [1.165, 1.54) is 15.3 Å². The first-order valence-corrected chi connectivity index (χ1v) is 21.5. The molecule has 0 spiro atoms. The number of ether oxygens (including phenoxy) is 1. The summed E-state index contributed by atoms with van der Waals surface area (Å²) in [5, 5.41) is 26.9. The standard InChI is InChI=1S/C44H53F2N11O5/c1-54-39-27(4-2-6-35(39)57(44(54)61)36-11-12-37(58)53-43(36)60)5-3-15-55-16-18-56(19-17-55)24-26-7-9-29(10-8-26)50-23-34(38(48)40(45)46)52-42(59)32(22-47)41-49-14-13-33(51-41)31-21-30-20-28(31)25-62-30/h2,4,6,13-14,22-23,26,28-31,36,40,47-50H,7-12,15-21,24-25H2,1H3,(H,52,59)(H,53,58,60)/b34-23+,41-32-,47-22?,48-38?/t26-,28-,29-,30-,31?,36?/m1/s1. The summed E-state index contributed by atoms with van der Waals surface area (Å²) in [6.45, 7) is 5.74. The van der Waals surface area contributed by atoms with E-state index in [0.29, 0.717) is 41.6 Å². The van der Waals surface area contributed by atoms with Crippen molar-refractivity contribution in [2.24, 2.45) is 29.8 Å².